The lowest BCUT2D eigenvalue weighted by Crippen LogP contribution is -2.44. The van der Waals surface area contributed by atoms with Crippen molar-refractivity contribution in [2.75, 3.05) is 0 Å². The number of nitrogens with zero attached hydrogens (tertiary/aromatic N) is 4. The number of nitrogens with one attached hydrogen (secondary N) is 1. The summed E-state index contributed by atoms with van der Waals surface area (Å²) in [5.74, 6) is 2.49. The van der Waals surface area contributed by atoms with Gasteiger partial charge in [0.15, 0.2) is 5.82 Å². The Labute approximate surface area is 152 Å². The highest BCUT2D eigenvalue weighted by Gasteiger charge is 2.38. The molecule has 0 atom stereocenters. The zero-order valence-electron chi connectivity index (χ0n) is 15.2. The Bertz CT molecular complexity index is 879. The second kappa shape index (κ2) is 6.99. The number of hydrogen-bond donors (Lipinski definition) is 1. The Morgan fingerprint density at radius 1 is 1.04 bits per heavy atom. The van der Waals surface area contributed by atoms with Crippen LogP contribution in [0.5, 0.6) is 0 Å². The summed E-state index contributed by atoms with van der Waals surface area (Å²) >= 11 is 0. The predicted octanol–water partition coefficient (Wildman–Crippen LogP) is 3.69. The van der Waals surface area contributed by atoms with Gasteiger partial charge in [-0.15, -0.1) is 0 Å². The summed E-state index contributed by atoms with van der Waals surface area (Å²) < 4.78 is 10.7. The fourth-order valence-corrected chi connectivity index (χ4v) is 3.60. The second-order valence-electron chi connectivity index (χ2n) is 7.01. The summed E-state index contributed by atoms with van der Waals surface area (Å²) in [6.07, 6.45) is 5.46. The second-order valence-corrected chi connectivity index (χ2v) is 7.01. The topological polar surface area (TPSA) is 89.9 Å². The lowest BCUT2D eigenvalue weighted by Gasteiger charge is -2.35. The SMILES string of the molecule is Cc1cccc(-c2noc(CNC3(c4noc(C)n4)CCCCC3)n2)c1. The number of benzene rings is 1. The van der Waals surface area contributed by atoms with Crippen LogP contribution in [0, 0.1) is 13.8 Å². The lowest BCUT2D eigenvalue weighted by atomic mass is 9.81. The molecule has 0 bridgehead atoms. The van der Waals surface area contributed by atoms with Crippen molar-refractivity contribution in [2.24, 2.45) is 0 Å². The predicted molar refractivity (Wildman–Crippen MR) is 95.1 cm³/mol. The van der Waals surface area contributed by atoms with Crippen LogP contribution in [0.3, 0.4) is 0 Å². The summed E-state index contributed by atoms with van der Waals surface area (Å²) in [6.45, 7) is 4.34. The summed E-state index contributed by atoms with van der Waals surface area (Å²) in [4.78, 5) is 9.01. The van der Waals surface area contributed by atoms with Gasteiger partial charge in [0.1, 0.15) is 0 Å². The Morgan fingerprint density at radius 3 is 2.62 bits per heavy atom. The van der Waals surface area contributed by atoms with Crippen LogP contribution in [0.15, 0.2) is 33.3 Å². The van der Waals surface area contributed by atoms with E-state index in [1.54, 1.807) is 0 Å². The van der Waals surface area contributed by atoms with Gasteiger partial charge in [-0.3, -0.25) is 5.32 Å². The number of aromatic nitrogens is 4. The van der Waals surface area contributed by atoms with E-state index in [0.29, 0.717) is 24.2 Å². The highest BCUT2D eigenvalue weighted by atomic mass is 16.5. The molecule has 1 saturated carbocycles. The first-order chi connectivity index (χ1) is 12.6. The molecule has 1 aliphatic carbocycles. The minimum absolute atomic E-state index is 0.284. The van der Waals surface area contributed by atoms with E-state index in [9.17, 15) is 0 Å². The molecule has 1 aromatic carbocycles. The van der Waals surface area contributed by atoms with Gasteiger partial charge >= 0.3 is 0 Å². The van der Waals surface area contributed by atoms with Crippen molar-refractivity contribution >= 4 is 0 Å². The summed E-state index contributed by atoms with van der Waals surface area (Å²) in [6, 6.07) is 8.08. The molecule has 2 aromatic heterocycles. The highest BCUT2D eigenvalue weighted by molar-refractivity contribution is 5.55. The molecule has 136 valence electrons. The molecule has 1 fully saturated rings. The molecule has 0 amide bonds. The Hall–Kier alpha value is -2.54. The smallest absolute Gasteiger partial charge is 0.240 e. The maximum Gasteiger partial charge on any atom is 0.240 e. The van der Waals surface area contributed by atoms with Crippen LogP contribution in [-0.4, -0.2) is 20.3 Å². The van der Waals surface area contributed by atoms with Crippen LogP contribution in [-0.2, 0) is 12.1 Å². The normalized spacial score (nSPS) is 16.7. The van der Waals surface area contributed by atoms with E-state index in [2.05, 4.69) is 25.6 Å². The van der Waals surface area contributed by atoms with Gasteiger partial charge in [0.25, 0.3) is 0 Å². The first kappa shape index (κ1) is 16.9. The molecule has 7 nitrogen and oxygen atoms in total. The van der Waals surface area contributed by atoms with E-state index in [-0.39, 0.29) is 5.54 Å². The zero-order valence-corrected chi connectivity index (χ0v) is 15.2. The first-order valence-corrected chi connectivity index (χ1v) is 9.10. The average Bonchev–Trinajstić information content (AvgIpc) is 3.30. The minimum Gasteiger partial charge on any atom is -0.340 e. The van der Waals surface area contributed by atoms with Crippen molar-refractivity contribution in [2.45, 2.75) is 58.0 Å². The molecule has 0 saturated heterocycles. The third-order valence-electron chi connectivity index (χ3n) is 4.99. The Kier molecular flexibility index (Phi) is 4.55. The molecule has 0 radical (unpaired) electrons. The third kappa shape index (κ3) is 3.39. The fraction of sp³-hybridized carbons (Fsp3) is 0.474. The number of rotatable bonds is 5. The molecule has 4 rings (SSSR count). The van der Waals surface area contributed by atoms with Gasteiger partial charge in [0.2, 0.25) is 17.6 Å². The first-order valence-electron chi connectivity index (χ1n) is 9.10. The lowest BCUT2D eigenvalue weighted by molar-refractivity contribution is 0.201. The molecule has 2 heterocycles. The zero-order chi connectivity index (χ0) is 18.0. The molecular weight excluding hydrogens is 330 g/mol. The van der Waals surface area contributed by atoms with Crippen molar-refractivity contribution in [3.63, 3.8) is 0 Å². The van der Waals surface area contributed by atoms with Crippen LogP contribution in [0.2, 0.25) is 0 Å². The molecule has 3 aromatic rings. The fourth-order valence-electron chi connectivity index (χ4n) is 3.60. The summed E-state index contributed by atoms with van der Waals surface area (Å²) in [5, 5.41) is 11.9. The van der Waals surface area contributed by atoms with Crippen LogP contribution in [0.1, 0.15) is 55.3 Å². The summed E-state index contributed by atoms with van der Waals surface area (Å²) in [5.41, 5.74) is 1.84. The minimum atomic E-state index is -0.284. The standard InChI is InChI=1S/C19H23N5O2/c1-13-7-6-8-15(11-13)17-22-16(26-23-17)12-20-19(9-4-3-5-10-19)18-21-14(2)25-24-18/h6-8,11,20H,3-5,9-10,12H2,1-2H3. The monoisotopic (exact) mass is 353 g/mol. The van der Waals surface area contributed by atoms with Crippen LogP contribution in [0.4, 0.5) is 0 Å². The quantitative estimate of drug-likeness (QED) is 0.748. The van der Waals surface area contributed by atoms with E-state index in [1.807, 2.05) is 38.1 Å². The van der Waals surface area contributed by atoms with Crippen LogP contribution >= 0.6 is 0 Å². The van der Waals surface area contributed by atoms with Crippen LogP contribution in [0.25, 0.3) is 11.4 Å². The maximum atomic E-state index is 5.45. The molecule has 26 heavy (non-hydrogen) atoms. The Balaban J connectivity index is 1.51. The number of hydrogen-bond acceptors (Lipinski definition) is 7. The largest absolute Gasteiger partial charge is 0.340 e. The van der Waals surface area contributed by atoms with Crippen molar-refractivity contribution in [3.8, 4) is 11.4 Å². The third-order valence-corrected chi connectivity index (χ3v) is 4.99. The highest BCUT2D eigenvalue weighted by Crippen LogP contribution is 2.36. The van der Waals surface area contributed by atoms with Gasteiger partial charge < -0.3 is 9.05 Å². The average molecular weight is 353 g/mol. The molecule has 0 aliphatic heterocycles. The Morgan fingerprint density at radius 2 is 1.88 bits per heavy atom. The van der Waals surface area contributed by atoms with Crippen molar-refractivity contribution in [1.29, 1.82) is 0 Å². The number of aryl methyl sites for hydroxylation is 2. The van der Waals surface area contributed by atoms with Gasteiger partial charge in [0.05, 0.1) is 12.1 Å². The molecule has 0 unspecified atom stereocenters. The van der Waals surface area contributed by atoms with Gasteiger partial charge in [-0.25, -0.2) is 0 Å². The van der Waals surface area contributed by atoms with Crippen molar-refractivity contribution in [3.05, 3.63) is 47.4 Å². The van der Waals surface area contributed by atoms with Gasteiger partial charge in [-0.05, 0) is 25.8 Å². The van der Waals surface area contributed by atoms with E-state index in [0.717, 1.165) is 37.1 Å². The van der Waals surface area contributed by atoms with E-state index in [1.165, 1.54) is 12.0 Å². The molecule has 1 N–H and O–H groups in total. The maximum absolute atomic E-state index is 5.45. The van der Waals surface area contributed by atoms with Crippen molar-refractivity contribution < 1.29 is 9.05 Å². The van der Waals surface area contributed by atoms with Crippen molar-refractivity contribution in [1.82, 2.24) is 25.6 Å². The van der Waals surface area contributed by atoms with Gasteiger partial charge in [0, 0.05) is 12.5 Å². The van der Waals surface area contributed by atoms with Gasteiger partial charge in [-0.2, -0.15) is 9.97 Å². The van der Waals surface area contributed by atoms with E-state index < -0.39 is 0 Å². The molecular formula is C19H23N5O2. The van der Waals surface area contributed by atoms with Gasteiger partial charge in [-0.1, -0.05) is 53.3 Å². The molecule has 1 aliphatic rings. The summed E-state index contributed by atoms with van der Waals surface area (Å²) in [7, 11) is 0. The molecule has 0 spiro atoms. The van der Waals surface area contributed by atoms with Crippen LogP contribution < -0.4 is 5.32 Å². The van der Waals surface area contributed by atoms with E-state index in [4.69, 9.17) is 9.05 Å². The molecule has 7 heteroatoms. The van der Waals surface area contributed by atoms with E-state index >= 15 is 0 Å².